The van der Waals surface area contributed by atoms with Gasteiger partial charge in [-0.15, -0.1) is 11.8 Å². The van der Waals surface area contributed by atoms with Crippen LogP contribution in [0.2, 0.25) is 0 Å². The predicted octanol–water partition coefficient (Wildman–Crippen LogP) is 2.35. The number of halogens is 1. The number of carbonyl (C=O) groups excluding carboxylic acids is 1. The number of furan rings is 1. The Labute approximate surface area is 143 Å². The van der Waals surface area contributed by atoms with Gasteiger partial charge in [-0.25, -0.2) is 4.39 Å². The fourth-order valence-electron chi connectivity index (χ4n) is 1.66. The van der Waals surface area contributed by atoms with Crippen LogP contribution in [0.5, 0.6) is 0 Å². The van der Waals surface area contributed by atoms with Gasteiger partial charge in [0.2, 0.25) is 5.91 Å². The first-order valence-corrected chi connectivity index (χ1v) is 8.37. The van der Waals surface area contributed by atoms with Crippen molar-refractivity contribution in [2.24, 2.45) is 0 Å². The van der Waals surface area contributed by atoms with E-state index in [1.165, 1.54) is 17.8 Å². The summed E-state index contributed by atoms with van der Waals surface area (Å²) in [7, 11) is 0. The number of hydrogen-bond acceptors (Lipinski definition) is 4. The molecular formula is C15H16FN3O2S2. The van der Waals surface area contributed by atoms with Gasteiger partial charge < -0.3 is 9.73 Å². The van der Waals surface area contributed by atoms with Gasteiger partial charge in [-0.1, -0.05) is 18.2 Å². The lowest BCUT2D eigenvalue weighted by Gasteiger charge is -2.10. The van der Waals surface area contributed by atoms with Crippen LogP contribution in [0.1, 0.15) is 11.3 Å². The second kappa shape index (κ2) is 9.16. The van der Waals surface area contributed by atoms with Gasteiger partial charge >= 0.3 is 0 Å². The fraction of sp³-hybridized carbons (Fsp3) is 0.200. The topological polar surface area (TPSA) is 66.3 Å². The number of hydrogen-bond donors (Lipinski definition) is 3. The summed E-state index contributed by atoms with van der Waals surface area (Å²) < 4.78 is 18.6. The number of rotatable bonds is 6. The third-order valence-corrected chi connectivity index (χ3v) is 4.00. The Bertz CT molecular complexity index is 650. The summed E-state index contributed by atoms with van der Waals surface area (Å²) in [4.78, 5) is 11.7. The maximum Gasteiger partial charge on any atom is 0.248 e. The monoisotopic (exact) mass is 353 g/mol. The van der Waals surface area contributed by atoms with Gasteiger partial charge in [-0.3, -0.25) is 15.6 Å². The summed E-state index contributed by atoms with van der Waals surface area (Å²) in [6.45, 7) is 0.427. The Hall–Kier alpha value is -2.06. The van der Waals surface area contributed by atoms with Gasteiger partial charge in [0.15, 0.2) is 5.11 Å². The first kappa shape index (κ1) is 17.3. The van der Waals surface area contributed by atoms with Crippen LogP contribution >= 0.6 is 24.0 Å². The number of thiocarbonyl (C=S) groups is 1. The molecule has 3 N–H and O–H groups in total. The Balaban J connectivity index is 1.59. The van der Waals surface area contributed by atoms with E-state index in [-0.39, 0.29) is 22.6 Å². The minimum Gasteiger partial charge on any atom is -0.467 e. The molecule has 0 unspecified atom stereocenters. The lowest BCUT2D eigenvalue weighted by atomic mass is 10.2. The summed E-state index contributed by atoms with van der Waals surface area (Å²) in [5.41, 5.74) is 5.65. The van der Waals surface area contributed by atoms with Gasteiger partial charge in [0.05, 0.1) is 18.6 Å². The summed E-state index contributed by atoms with van der Waals surface area (Å²) in [5, 5.41) is 3.17. The molecular weight excluding hydrogens is 337 g/mol. The summed E-state index contributed by atoms with van der Waals surface area (Å²) in [6.07, 6.45) is 1.57. The van der Waals surface area contributed by atoms with Crippen LogP contribution in [0.4, 0.5) is 4.39 Å². The van der Waals surface area contributed by atoms with Gasteiger partial charge in [-0.05, 0) is 36.0 Å². The number of hydrazine groups is 1. The van der Waals surface area contributed by atoms with E-state index in [4.69, 9.17) is 16.6 Å². The number of carbonyl (C=O) groups is 1. The lowest BCUT2D eigenvalue weighted by molar-refractivity contribution is -0.119. The smallest absolute Gasteiger partial charge is 0.248 e. The molecule has 0 spiro atoms. The molecule has 23 heavy (non-hydrogen) atoms. The first-order valence-electron chi connectivity index (χ1n) is 6.81. The highest BCUT2D eigenvalue weighted by molar-refractivity contribution is 7.99. The van der Waals surface area contributed by atoms with Gasteiger partial charge in [0.1, 0.15) is 11.6 Å². The minimum absolute atomic E-state index is 0.197. The second-order valence-electron chi connectivity index (χ2n) is 4.52. The summed E-state index contributed by atoms with van der Waals surface area (Å²) in [5.74, 6) is 0.861. The number of nitrogens with one attached hydrogen (secondary N) is 3. The second-order valence-corrected chi connectivity index (χ2v) is 5.91. The average Bonchev–Trinajstić information content (AvgIpc) is 3.06. The van der Waals surface area contributed by atoms with Crippen LogP contribution in [0.25, 0.3) is 0 Å². The van der Waals surface area contributed by atoms with E-state index in [1.807, 2.05) is 6.07 Å². The molecule has 0 atom stereocenters. The molecule has 0 aliphatic rings. The molecule has 0 saturated carbocycles. The average molecular weight is 353 g/mol. The molecule has 122 valence electrons. The van der Waals surface area contributed by atoms with Crippen LogP contribution in [-0.2, 0) is 17.1 Å². The molecule has 1 aromatic carbocycles. The number of amides is 1. The summed E-state index contributed by atoms with van der Waals surface area (Å²) >= 11 is 6.34. The van der Waals surface area contributed by atoms with Crippen molar-refractivity contribution in [3.63, 3.8) is 0 Å². The van der Waals surface area contributed by atoms with Crippen LogP contribution in [0.3, 0.4) is 0 Å². The van der Waals surface area contributed by atoms with Crippen LogP contribution in [0.15, 0.2) is 47.1 Å². The molecule has 8 heteroatoms. The maximum absolute atomic E-state index is 13.4. The van der Waals surface area contributed by atoms with E-state index in [0.29, 0.717) is 17.9 Å². The highest BCUT2D eigenvalue weighted by Gasteiger charge is 2.05. The zero-order valence-corrected chi connectivity index (χ0v) is 13.8. The SMILES string of the molecule is O=C(CSCc1ccccc1F)NNC(=S)NCc1ccco1. The Kier molecular flexibility index (Phi) is 6.89. The van der Waals surface area contributed by atoms with E-state index in [2.05, 4.69) is 16.2 Å². The van der Waals surface area contributed by atoms with Crippen LogP contribution < -0.4 is 16.2 Å². The van der Waals surface area contributed by atoms with Crippen molar-refractivity contribution in [2.45, 2.75) is 12.3 Å². The van der Waals surface area contributed by atoms with Gasteiger partial charge in [0.25, 0.3) is 0 Å². The van der Waals surface area contributed by atoms with Gasteiger partial charge in [-0.2, -0.15) is 0 Å². The first-order chi connectivity index (χ1) is 11.1. The van der Waals surface area contributed by atoms with E-state index in [0.717, 1.165) is 5.76 Å². The molecule has 2 rings (SSSR count). The van der Waals surface area contributed by atoms with Crippen molar-refractivity contribution >= 4 is 35.0 Å². The van der Waals surface area contributed by atoms with Crippen molar-refractivity contribution in [2.75, 3.05) is 5.75 Å². The highest BCUT2D eigenvalue weighted by atomic mass is 32.2. The lowest BCUT2D eigenvalue weighted by Crippen LogP contribution is -2.47. The zero-order valence-electron chi connectivity index (χ0n) is 12.2. The molecule has 1 aromatic heterocycles. The molecule has 0 fully saturated rings. The van der Waals surface area contributed by atoms with E-state index in [1.54, 1.807) is 30.5 Å². The normalized spacial score (nSPS) is 10.1. The molecule has 5 nitrogen and oxygen atoms in total. The summed E-state index contributed by atoms with van der Waals surface area (Å²) in [6, 6.07) is 10.1. The highest BCUT2D eigenvalue weighted by Crippen LogP contribution is 2.14. The van der Waals surface area contributed by atoms with E-state index < -0.39 is 0 Å². The molecule has 1 amide bonds. The number of benzene rings is 1. The predicted molar refractivity (Wildman–Crippen MR) is 92.0 cm³/mol. The Morgan fingerprint density at radius 1 is 1.22 bits per heavy atom. The standard InChI is InChI=1S/C15H16FN3O2S2/c16-13-6-2-1-4-11(13)9-23-10-14(20)18-19-15(22)17-8-12-5-3-7-21-12/h1-7H,8-10H2,(H,18,20)(H2,17,19,22). The van der Waals surface area contributed by atoms with Gasteiger partial charge in [0, 0.05) is 5.75 Å². The van der Waals surface area contributed by atoms with E-state index in [9.17, 15) is 9.18 Å². The van der Waals surface area contributed by atoms with Crippen molar-refractivity contribution in [1.29, 1.82) is 0 Å². The Morgan fingerprint density at radius 2 is 2.04 bits per heavy atom. The molecule has 2 aromatic rings. The largest absolute Gasteiger partial charge is 0.467 e. The van der Waals surface area contributed by atoms with Crippen molar-refractivity contribution in [1.82, 2.24) is 16.2 Å². The number of thioether (sulfide) groups is 1. The molecule has 0 bridgehead atoms. The molecule has 0 saturated heterocycles. The fourth-order valence-corrected chi connectivity index (χ4v) is 2.59. The third-order valence-electron chi connectivity index (χ3n) is 2.77. The van der Waals surface area contributed by atoms with Crippen LogP contribution in [0, 0.1) is 5.82 Å². The zero-order chi connectivity index (χ0) is 16.5. The van der Waals surface area contributed by atoms with Crippen molar-refractivity contribution < 1.29 is 13.6 Å². The maximum atomic E-state index is 13.4. The Morgan fingerprint density at radius 3 is 2.78 bits per heavy atom. The van der Waals surface area contributed by atoms with Crippen LogP contribution in [-0.4, -0.2) is 16.8 Å². The molecule has 0 aliphatic carbocycles. The third kappa shape index (κ3) is 6.29. The minimum atomic E-state index is -0.262. The quantitative estimate of drug-likeness (QED) is 0.547. The molecule has 1 heterocycles. The van der Waals surface area contributed by atoms with Crippen molar-refractivity contribution in [3.05, 3.63) is 59.8 Å². The molecule has 0 radical (unpaired) electrons. The van der Waals surface area contributed by atoms with Crippen molar-refractivity contribution in [3.8, 4) is 0 Å². The van der Waals surface area contributed by atoms with E-state index >= 15 is 0 Å². The molecule has 0 aliphatic heterocycles.